The average molecular weight is 266 g/mol. The van der Waals surface area contributed by atoms with Crippen molar-refractivity contribution in [1.82, 2.24) is 9.97 Å². The van der Waals surface area contributed by atoms with Crippen LogP contribution in [0.2, 0.25) is 5.15 Å². The Balaban J connectivity index is 2.20. The van der Waals surface area contributed by atoms with Crippen molar-refractivity contribution >= 4 is 28.8 Å². The molecule has 18 heavy (non-hydrogen) atoms. The van der Waals surface area contributed by atoms with Crippen LogP contribution < -0.4 is 10.9 Å². The van der Waals surface area contributed by atoms with Crippen LogP contribution in [0.1, 0.15) is 0 Å². The number of nitrogens with one attached hydrogen (secondary N) is 2. The van der Waals surface area contributed by atoms with Gasteiger partial charge in [0.2, 0.25) is 11.0 Å². The smallest absolute Gasteiger partial charge is 0.299 e. The van der Waals surface area contributed by atoms with Crippen LogP contribution in [-0.2, 0) is 0 Å². The molecule has 0 aliphatic carbocycles. The number of nitrogens with zero attached hydrogens (tertiary/aromatic N) is 3. The van der Waals surface area contributed by atoms with Crippen molar-refractivity contribution in [2.24, 2.45) is 0 Å². The fourth-order valence-corrected chi connectivity index (χ4v) is 1.47. The molecule has 0 bridgehead atoms. The first-order valence-corrected chi connectivity index (χ1v) is 5.28. The third kappa shape index (κ3) is 2.64. The van der Waals surface area contributed by atoms with Crippen molar-refractivity contribution in [2.75, 3.05) is 10.9 Å². The van der Waals surface area contributed by atoms with Crippen molar-refractivity contribution in [3.63, 3.8) is 0 Å². The van der Waals surface area contributed by atoms with Gasteiger partial charge in [-0.15, -0.1) is 0 Å². The molecule has 0 amide bonds. The maximum atomic E-state index is 10.8. The Bertz CT molecular complexity index is 563. The molecule has 1 heterocycles. The largest absolute Gasteiger partial charge is 0.350 e. The minimum Gasteiger partial charge on any atom is -0.299 e. The summed E-state index contributed by atoms with van der Waals surface area (Å²) in [6, 6.07) is 9.09. The van der Waals surface area contributed by atoms with Crippen LogP contribution in [0, 0.1) is 10.1 Å². The molecule has 0 saturated carbocycles. The fraction of sp³-hybridized carbons (Fsp3) is 0. The van der Waals surface area contributed by atoms with Gasteiger partial charge in [-0.05, 0) is 12.1 Å². The van der Waals surface area contributed by atoms with Crippen LogP contribution in [0.4, 0.5) is 17.2 Å². The van der Waals surface area contributed by atoms with Gasteiger partial charge in [0, 0.05) is 0 Å². The van der Waals surface area contributed by atoms with Gasteiger partial charge >= 0.3 is 5.69 Å². The summed E-state index contributed by atoms with van der Waals surface area (Å²) in [7, 11) is 0. The third-order valence-corrected chi connectivity index (χ3v) is 2.34. The van der Waals surface area contributed by atoms with Crippen LogP contribution in [0.15, 0.2) is 36.7 Å². The summed E-state index contributed by atoms with van der Waals surface area (Å²) >= 11 is 5.65. The Labute approximate surface area is 107 Å². The highest BCUT2D eigenvalue weighted by Gasteiger charge is 2.21. The van der Waals surface area contributed by atoms with Gasteiger partial charge in [0.25, 0.3) is 0 Å². The van der Waals surface area contributed by atoms with E-state index in [-0.39, 0.29) is 16.7 Å². The molecule has 0 aliphatic heterocycles. The highest BCUT2D eigenvalue weighted by molar-refractivity contribution is 6.31. The molecule has 2 rings (SSSR count). The van der Waals surface area contributed by atoms with E-state index in [0.717, 1.165) is 12.0 Å². The van der Waals surface area contributed by atoms with Gasteiger partial charge < -0.3 is 0 Å². The molecular formula is C10H8ClN5O2. The molecule has 0 aliphatic rings. The quantitative estimate of drug-likeness (QED) is 0.501. The molecule has 92 valence electrons. The van der Waals surface area contributed by atoms with Crippen LogP contribution in [-0.4, -0.2) is 14.9 Å². The van der Waals surface area contributed by atoms with E-state index in [4.69, 9.17) is 11.6 Å². The predicted molar refractivity (Wildman–Crippen MR) is 67.4 cm³/mol. The standard InChI is InChI=1S/C10H8ClN5O2/c11-9-8(16(17)18)10(13-6-12-9)15-14-7-4-2-1-3-5-7/h1-6,14H,(H,12,13,15). The number of anilines is 2. The molecule has 0 unspecified atom stereocenters. The van der Waals surface area contributed by atoms with Gasteiger partial charge in [-0.1, -0.05) is 29.8 Å². The number of halogens is 1. The molecule has 2 N–H and O–H groups in total. The van der Waals surface area contributed by atoms with Crippen molar-refractivity contribution < 1.29 is 4.92 Å². The van der Waals surface area contributed by atoms with Crippen LogP contribution >= 0.6 is 11.6 Å². The zero-order chi connectivity index (χ0) is 13.0. The number of aromatic nitrogens is 2. The molecule has 7 nitrogen and oxygen atoms in total. The monoisotopic (exact) mass is 265 g/mol. The van der Waals surface area contributed by atoms with Crippen LogP contribution in [0.5, 0.6) is 0 Å². The molecule has 0 fully saturated rings. The summed E-state index contributed by atoms with van der Waals surface area (Å²) < 4.78 is 0. The second-order valence-electron chi connectivity index (χ2n) is 3.23. The summed E-state index contributed by atoms with van der Waals surface area (Å²) in [5.74, 6) is 0.00357. The first kappa shape index (κ1) is 12.1. The maximum Gasteiger partial charge on any atom is 0.350 e. The summed E-state index contributed by atoms with van der Waals surface area (Å²) in [5.41, 5.74) is 5.77. The molecular weight excluding hydrogens is 258 g/mol. The number of rotatable bonds is 4. The highest BCUT2D eigenvalue weighted by atomic mass is 35.5. The van der Waals surface area contributed by atoms with Crippen LogP contribution in [0.25, 0.3) is 0 Å². The van der Waals surface area contributed by atoms with E-state index in [2.05, 4.69) is 20.8 Å². The summed E-state index contributed by atoms with van der Waals surface area (Å²) in [6.07, 6.45) is 1.14. The maximum absolute atomic E-state index is 10.8. The van der Waals surface area contributed by atoms with Crippen molar-refractivity contribution in [3.8, 4) is 0 Å². The highest BCUT2D eigenvalue weighted by Crippen LogP contribution is 2.28. The van der Waals surface area contributed by atoms with E-state index in [1.807, 2.05) is 18.2 Å². The topological polar surface area (TPSA) is 93.0 Å². The number of hydrogen-bond acceptors (Lipinski definition) is 6. The zero-order valence-corrected chi connectivity index (χ0v) is 9.76. The third-order valence-electron chi connectivity index (χ3n) is 2.06. The Morgan fingerprint density at radius 3 is 2.56 bits per heavy atom. The van der Waals surface area contributed by atoms with E-state index in [9.17, 15) is 10.1 Å². The normalized spacial score (nSPS) is 9.83. The second kappa shape index (κ2) is 5.28. The van der Waals surface area contributed by atoms with E-state index in [0.29, 0.717) is 0 Å². The number of benzene rings is 1. The van der Waals surface area contributed by atoms with E-state index < -0.39 is 4.92 Å². The van der Waals surface area contributed by atoms with Gasteiger partial charge in [0.15, 0.2) is 0 Å². The Morgan fingerprint density at radius 1 is 1.17 bits per heavy atom. The van der Waals surface area contributed by atoms with Crippen molar-refractivity contribution in [2.45, 2.75) is 0 Å². The zero-order valence-electron chi connectivity index (χ0n) is 9.00. The lowest BCUT2D eigenvalue weighted by molar-refractivity contribution is -0.384. The van der Waals surface area contributed by atoms with E-state index in [1.165, 1.54) is 0 Å². The van der Waals surface area contributed by atoms with Gasteiger partial charge in [-0.2, -0.15) is 0 Å². The molecule has 0 saturated heterocycles. The summed E-state index contributed by atoms with van der Waals surface area (Å²) in [4.78, 5) is 17.5. The minimum atomic E-state index is -0.642. The van der Waals surface area contributed by atoms with E-state index >= 15 is 0 Å². The molecule has 1 aromatic heterocycles. The lowest BCUT2D eigenvalue weighted by Crippen LogP contribution is -2.12. The van der Waals surface area contributed by atoms with E-state index in [1.54, 1.807) is 12.1 Å². The molecule has 0 atom stereocenters. The fourth-order valence-electron chi connectivity index (χ4n) is 1.26. The van der Waals surface area contributed by atoms with Crippen molar-refractivity contribution in [3.05, 3.63) is 51.9 Å². The Kier molecular flexibility index (Phi) is 3.54. The Hall–Kier alpha value is -2.41. The van der Waals surface area contributed by atoms with Gasteiger partial charge in [-0.3, -0.25) is 21.0 Å². The molecule has 0 spiro atoms. The summed E-state index contributed by atoms with van der Waals surface area (Å²) in [6.45, 7) is 0. The average Bonchev–Trinajstić information content (AvgIpc) is 2.37. The SMILES string of the molecule is O=[N+]([O-])c1c(Cl)ncnc1NNc1ccccc1. The molecule has 1 aromatic carbocycles. The number of para-hydroxylation sites is 1. The van der Waals surface area contributed by atoms with Gasteiger partial charge in [0.1, 0.15) is 6.33 Å². The minimum absolute atomic E-state index is 0.00357. The second-order valence-corrected chi connectivity index (χ2v) is 3.59. The number of nitro groups is 1. The summed E-state index contributed by atoms with van der Waals surface area (Å²) in [5, 5.41) is 10.6. The molecule has 0 radical (unpaired) electrons. The lowest BCUT2D eigenvalue weighted by atomic mass is 10.3. The first-order valence-electron chi connectivity index (χ1n) is 4.90. The molecule has 8 heteroatoms. The Morgan fingerprint density at radius 2 is 1.89 bits per heavy atom. The lowest BCUT2D eigenvalue weighted by Gasteiger charge is -2.08. The number of hydrazine groups is 1. The first-order chi connectivity index (χ1) is 8.68. The molecule has 2 aromatic rings. The van der Waals surface area contributed by atoms with Gasteiger partial charge in [-0.25, -0.2) is 9.97 Å². The number of hydrogen-bond donors (Lipinski definition) is 2. The van der Waals surface area contributed by atoms with Crippen LogP contribution in [0.3, 0.4) is 0 Å². The predicted octanol–water partition coefficient (Wildman–Crippen LogP) is 2.48. The van der Waals surface area contributed by atoms with Crippen molar-refractivity contribution in [1.29, 1.82) is 0 Å². The van der Waals surface area contributed by atoms with Gasteiger partial charge in [0.05, 0.1) is 10.6 Å².